The number of piperazine rings is 2. The van der Waals surface area contributed by atoms with Gasteiger partial charge < -0.3 is 32.3 Å². The maximum Gasteiger partial charge on any atom is 0.247 e. The van der Waals surface area contributed by atoms with Crippen molar-refractivity contribution in [3.8, 4) is 0 Å². The van der Waals surface area contributed by atoms with Crippen molar-refractivity contribution in [2.75, 3.05) is 42.5 Å². The molecule has 2 aliphatic heterocycles. The van der Waals surface area contributed by atoms with Crippen LogP contribution in [0.15, 0.2) is 0 Å². The van der Waals surface area contributed by atoms with Crippen LogP contribution in [0.4, 0.5) is 17.6 Å². The third-order valence-corrected chi connectivity index (χ3v) is 5.31. The molecule has 34 heavy (non-hydrogen) atoms. The summed E-state index contributed by atoms with van der Waals surface area (Å²) in [6, 6.07) is 2.09. The minimum absolute atomic E-state index is 0. The van der Waals surface area contributed by atoms with Crippen LogP contribution in [0.2, 0.25) is 15.6 Å². The first-order valence-corrected chi connectivity index (χ1v) is 11.6. The summed E-state index contributed by atoms with van der Waals surface area (Å²) in [5.74, 6) is 0.865. The van der Waals surface area contributed by atoms with Gasteiger partial charge >= 0.3 is 0 Å². The van der Waals surface area contributed by atoms with Gasteiger partial charge in [-0.15, -0.1) is 20.4 Å². The maximum atomic E-state index is 5.68. The van der Waals surface area contributed by atoms with E-state index >= 15 is 0 Å². The zero-order valence-electron chi connectivity index (χ0n) is 19.1. The van der Waals surface area contributed by atoms with Crippen LogP contribution in [-0.4, -0.2) is 80.7 Å². The first-order chi connectivity index (χ1) is 15.5. The highest BCUT2D eigenvalue weighted by atomic mass is 35.5. The molecular weight excluding hydrogens is 503 g/mol. The van der Waals surface area contributed by atoms with Crippen LogP contribution >= 0.6 is 34.8 Å². The lowest BCUT2D eigenvalue weighted by Gasteiger charge is -2.35. The molecule has 0 unspecified atom stereocenters. The van der Waals surface area contributed by atoms with Crippen molar-refractivity contribution in [2.24, 2.45) is 0 Å². The zero-order valence-corrected chi connectivity index (χ0v) is 21.3. The lowest BCUT2D eigenvalue weighted by Crippen LogP contribution is -2.54. The monoisotopic (exact) mass is 536 g/mol. The van der Waals surface area contributed by atoms with E-state index in [0.717, 1.165) is 26.2 Å². The Hall–Kier alpha value is -1.83. The standard InChI is InChI=1S/C9H15ClN6.C6H14N2.C3H2Cl2N4.CH4/c1-5-3-16(4-6(2)12-5)9-13-8(11)7(10)14-15-9;1-5-3-7-4-6(2)8-5;4-1-2(6)7-3(5)9-8-1;/h5-6,12H,3-4H2,1-2H3,(H2,11,13,15);5-8H,3-4H2,1-2H3;(H2,6,7,9);1H4/t2*5-,6+;;. The van der Waals surface area contributed by atoms with E-state index in [4.69, 9.17) is 46.3 Å². The molecule has 2 saturated heterocycles. The molecule has 2 aromatic heterocycles. The highest BCUT2D eigenvalue weighted by Crippen LogP contribution is 2.17. The van der Waals surface area contributed by atoms with Crippen LogP contribution < -0.4 is 32.3 Å². The van der Waals surface area contributed by atoms with Gasteiger partial charge in [0.25, 0.3) is 0 Å². The third kappa shape index (κ3) is 10.2. The Balaban J connectivity index is 0.000000274. The number of hydrogen-bond acceptors (Lipinski definition) is 12. The van der Waals surface area contributed by atoms with Crippen molar-refractivity contribution in [3.05, 3.63) is 15.6 Å². The Labute approximate surface area is 215 Å². The summed E-state index contributed by atoms with van der Waals surface area (Å²) in [5.41, 5.74) is 10.8. The van der Waals surface area contributed by atoms with Gasteiger partial charge in [0.2, 0.25) is 11.2 Å². The van der Waals surface area contributed by atoms with Crippen LogP contribution in [0.25, 0.3) is 0 Å². The van der Waals surface area contributed by atoms with Gasteiger partial charge in [0.05, 0.1) is 0 Å². The molecule has 4 atom stereocenters. The molecule has 0 amide bonds. The van der Waals surface area contributed by atoms with E-state index in [9.17, 15) is 0 Å². The molecule has 15 heteroatoms. The molecule has 192 valence electrons. The van der Waals surface area contributed by atoms with E-state index in [1.165, 1.54) is 0 Å². The van der Waals surface area contributed by atoms with E-state index in [0.29, 0.717) is 30.1 Å². The number of nitrogens with zero attached hydrogens (tertiary/aromatic N) is 7. The van der Waals surface area contributed by atoms with Gasteiger partial charge in [0.1, 0.15) is 0 Å². The average Bonchev–Trinajstić information content (AvgIpc) is 2.73. The second kappa shape index (κ2) is 14.5. The van der Waals surface area contributed by atoms with Gasteiger partial charge in [-0.3, -0.25) is 0 Å². The number of nitrogens with two attached hydrogens (primary N) is 2. The molecule has 0 aliphatic carbocycles. The van der Waals surface area contributed by atoms with Crippen molar-refractivity contribution in [1.29, 1.82) is 0 Å². The molecule has 2 aromatic rings. The second-order valence-electron chi connectivity index (χ2n) is 8.05. The molecule has 0 aromatic carbocycles. The molecule has 4 heterocycles. The van der Waals surface area contributed by atoms with E-state index in [1.54, 1.807) is 0 Å². The molecule has 0 radical (unpaired) electrons. The van der Waals surface area contributed by atoms with Crippen LogP contribution in [0.5, 0.6) is 0 Å². The predicted octanol–water partition coefficient (Wildman–Crippen LogP) is 1.65. The number of anilines is 3. The van der Waals surface area contributed by atoms with Gasteiger partial charge in [0, 0.05) is 50.3 Å². The fourth-order valence-electron chi connectivity index (χ4n) is 3.36. The highest BCUT2D eigenvalue weighted by molar-refractivity contribution is 6.32. The second-order valence-corrected chi connectivity index (χ2v) is 9.10. The molecule has 4 rings (SSSR count). The Kier molecular flexibility index (Phi) is 12.9. The first-order valence-electron chi connectivity index (χ1n) is 10.5. The van der Waals surface area contributed by atoms with Crippen LogP contribution in [0.1, 0.15) is 35.1 Å². The molecule has 7 N–H and O–H groups in total. The lowest BCUT2D eigenvalue weighted by atomic mass is 10.1. The maximum absolute atomic E-state index is 5.68. The number of nitrogens with one attached hydrogen (secondary N) is 3. The molecule has 2 aliphatic rings. The molecule has 0 saturated carbocycles. The first kappa shape index (κ1) is 30.2. The quantitative estimate of drug-likeness (QED) is 0.357. The number of nitrogen functional groups attached to an aromatic ring is 2. The van der Waals surface area contributed by atoms with E-state index < -0.39 is 0 Å². The minimum atomic E-state index is -0.00287. The highest BCUT2D eigenvalue weighted by Gasteiger charge is 2.23. The Morgan fingerprint density at radius 2 is 1.21 bits per heavy atom. The SMILES string of the molecule is C.C[C@@H]1CN(c2nnc(Cl)c(N)n2)C[C@H](C)N1.C[C@@H]1CNC[C@H](C)N1.Nc1nc(Cl)nnc1Cl. The number of halogens is 3. The largest absolute Gasteiger partial charge is 0.381 e. The van der Waals surface area contributed by atoms with Crippen LogP contribution in [0, 0.1) is 0 Å². The normalized spacial score (nSPS) is 24.0. The Morgan fingerprint density at radius 3 is 1.62 bits per heavy atom. The summed E-state index contributed by atoms with van der Waals surface area (Å²) in [7, 11) is 0. The molecular formula is C19H35Cl3N12. The van der Waals surface area contributed by atoms with Crippen LogP contribution in [-0.2, 0) is 0 Å². The third-order valence-electron chi connectivity index (χ3n) is 4.61. The molecule has 12 nitrogen and oxygen atoms in total. The van der Waals surface area contributed by atoms with Gasteiger partial charge in [-0.1, -0.05) is 30.6 Å². The van der Waals surface area contributed by atoms with Crippen molar-refractivity contribution in [1.82, 2.24) is 46.3 Å². The fourth-order valence-corrected chi connectivity index (χ4v) is 3.65. The van der Waals surface area contributed by atoms with E-state index in [2.05, 4.69) is 78.9 Å². The van der Waals surface area contributed by atoms with Gasteiger partial charge in [-0.05, 0) is 39.3 Å². The molecule has 0 bridgehead atoms. The van der Waals surface area contributed by atoms with Crippen molar-refractivity contribution < 1.29 is 0 Å². The van der Waals surface area contributed by atoms with Gasteiger partial charge in [0.15, 0.2) is 21.9 Å². The molecule has 0 spiro atoms. The summed E-state index contributed by atoms with van der Waals surface area (Å²) < 4.78 is 0. The van der Waals surface area contributed by atoms with E-state index in [-0.39, 0.29) is 34.7 Å². The summed E-state index contributed by atoms with van der Waals surface area (Å²) in [6.07, 6.45) is 0. The summed E-state index contributed by atoms with van der Waals surface area (Å²) >= 11 is 16.3. The number of aromatic nitrogens is 6. The molecule has 2 fully saturated rings. The number of rotatable bonds is 1. The lowest BCUT2D eigenvalue weighted by molar-refractivity contribution is 0.370. The van der Waals surface area contributed by atoms with Crippen molar-refractivity contribution >= 4 is 52.4 Å². The Morgan fingerprint density at radius 1 is 0.735 bits per heavy atom. The zero-order chi connectivity index (χ0) is 24.5. The van der Waals surface area contributed by atoms with Crippen molar-refractivity contribution in [3.63, 3.8) is 0 Å². The summed E-state index contributed by atoms with van der Waals surface area (Å²) in [4.78, 5) is 9.71. The average molecular weight is 538 g/mol. The predicted molar refractivity (Wildman–Crippen MR) is 139 cm³/mol. The smallest absolute Gasteiger partial charge is 0.247 e. The topological polar surface area (TPSA) is 169 Å². The van der Waals surface area contributed by atoms with Crippen molar-refractivity contribution in [2.45, 2.75) is 59.3 Å². The Bertz CT molecular complexity index is 872. The fraction of sp³-hybridized carbons (Fsp3) is 0.684. The summed E-state index contributed by atoms with van der Waals surface area (Å²) in [6.45, 7) is 12.5. The number of hydrogen-bond donors (Lipinski definition) is 5. The van der Waals surface area contributed by atoms with Gasteiger partial charge in [-0.25, -0.2) is 0 Å². The minimum Gasteiger partial charge on any atom is -0.381 e. The summed E-state index contributed by atoms with van der Waals surface area (Å²) in [5, 5.41) is 24.8. The van der Waals surface area contributed by atoms with Gasteiger partial charge in [-0.2, -0.15) is 9.97 Å². The van der Waals surface area contributed by atoms with Crippen LogP contribution in [0.3, 0.4) is 0 Å². The van der Waals surface area contributed by atoms with E-state index in [1.807, 2.05) is 0 Å².